The number of rotatable bonds is 13. The van der Waals surface area contributed by atoms with Gasteiger partial charge in [-0.2, -0.15) is 0 Å². The van der Waals surface area contributed by atoms with Crippen molar-refractivity contribution >= 4 is 43.5 Å². The standard InChI is InChI=1S/C38H49FN8O6S2/c1-20(2)28-12-11-13-29(35(28)44-37(48)46-54(50,51)32-18-40-26(10)42-24(32)8)23(7)14-15-34-41-19-33(25(9)43-34)55(52,53)47-38(49)45-36-30(21(3)4)16-27(39)17-31(36)22(5)6/h11-13,16-23H,14-15H2,1-10H3,(H2,44,46,48)(H2,45,47,49). The molecule has 4 N–H and O–H groups in total. The van der Waals surface area contributed by atoms with Gasteiger partial charge in [0.1, 0.15) is 27.3 Å². The van der Waals surface area contributed by atoms with E-state index in [-0.39, 0.29) is 44.9 Å². The van der Waals surface area contributed by atoms with Gasteiger partial charge in [-0.1, -0.05) is 66.7 Å². The number of nitrogens with one attached hydrogen (secondary N) is 4. The fraction of sp³-hybridized carbons (Fsp3) is 0.421. The van der Waals surface area contributed by atoms with Gasteiger partial charge in [-0.3, -0.25) is 0 Å². The second-order valence-corrected chi connectivity index (χ2v) is 17.7. The molecule has 0 spiro atoms. The van der Waals surface area contributed by atoms with Crippen LogP contribution < -0.4 is 20.1 Å². The van der Waals surface area contributed by atoms with Gasteiger partial charge in [0.15, 0.2) is 0 Å². The van der Waals surface area contributed by atoms with Crippen molar-refractivity contribution in [2.75, 3.05) is 10.6 Å². The summed E-state index contributed by atoms with van der Waals surface area (Å²) < 4.78 is 71.2. The van der Waals surface area contributed by atoms with Crippen LogP contribution in [0.2, 0.25) is 0 Å². The first-order valence-corrected chi connectivity index (χ1v) is 20.8. The minimum atomic E-state index is -4.40. The second-order valence-electron chi connectivity index (χ2n) is 14.4. The highest BCUT2D eigenvalue weighted by Crippen LogP contribution is 2.35. The molecular weight excluding hydrogens is 748 g/mol. The van der Waals surface area contributed by atoms with Crippen LogP contribution in [0.3, 0.4) is 0 Å². The summed E-state index contributed by atoms with van der Waals surface area (Å²) in [5, 5.41) is 5.38. The van der Waals surface area contributed by atoms with E-state index in [1.165, 1.54) is 26.0 Å². The zero-order chi connectivity index (χ0) is 41.0. The molecule has 0 saturated heterocycles. The number of aromatic nitrogens is 4. The van der Waals surface area contributed by atoms with Crippen LogP contribution in [-0.4, -0.2) is 48.8 Å². The summed E-state index contributed by atoms with van der Waals surface area (Å²) in [5.41, 5.74) is 3.78. The molecule has 296 valence electrons. The van der Waals surface area contributed by atoms with Crippen molar-refractivity contribution in [3.05, 3.63) is 93.8 Å². The molecule has 2 aromatic heterocycles. The molecule has 17 heteroatoms. The van der Waals surface area contributed by atoms with Crippen molar-refractivity contribution in [1.29, 1.82) is 0 Å². The molecule has 0 aliphatic heterocycles. The average Bonchev–Trinajstić information content (AvgIpc) is 3.06. The number of benzene rings is 2. The number of hydrogen-bond acceptors (Lipinski definition) is 10. The van der Waals surface area contributed by atoms with Crippen LogP contribution in [0.4, 0.5) is 25.4 Å². The van der Waals surface area contributed by atoms with Crippen LogP contribution >= 0.6 is 0 Å². The maximum Gasteiger partial charge on any atom is 0.333 e. The van der Waals surface area contributed by atoms with E-state index in [9.17, 15) is 30.8 Å². The van der Waals surface area contributed by atoms with Crippen molar-refractivity contribution in [3.8, 4) is 0 Å². The van der Waals surface area contributed by atoms with Gasteiger partial charge >= 0.3 is 12.1 Å². The monoisotopic (exact) mass is 796 g/mol. The van der Waals surface area contributed by atoms with Crippen LogP contribution in [0, 0.1) is 26.6 Å². The highest BCUT2D eigenvalue weighted by atomic mass is 32.2. The lowest BCUT2D eigenvalue weighted by atomic mass is 9.89. The van der Waals surface area contributed by atoms with Gasteiger partial charge in [0.25, 0.3) is 20.0 Å². The summed E-state index contributed by atoms with van der Waals surface area (Å²) in [7, 11) is -8.67. The Morgan fingerprint density at radius 1 is 0.673 bits per heavy atom. The molecule has 1 atom stereocenters. The molecule has 0 aliphatic rings. The summed E-state index contributed by atoms with van der Waals surface area (Å²) >= 11 is 0. The fourth-order valence-corrected chi connectivity index (χ4v) is 8.25. The minimum absolute atomic E-state index is 0.0202. The normalized spacial score (nSPS) is 12.5. The molecule has 14 nitrogen and oxygen atoms in total. The first-order valence-electron chi connectivity index (χ1n) is 17.9. The quantitative estimate of drug-likeness (QED) is 0.105. The molecule has 2 aromatic carbocycles. The molecular formula is C38H49FN8O6S2. The van der Waals surface area contributed by atoms with Crippen LogP contribution in [0.5, 0.6) is 0 Å². The highest BCUT2D eigenvalue weighted by molar-refractivity contribution is 7.90. The van der Waals surface area contributed by atoms with Crippen LogP contribution in [0.25, 0.3) is 0 Å². The van der Waals surface area contributed by atoms with E-state index in [1.807, 2.05) is 71.4 Å². The Balaban J connectivity index is 1.49. The Morgan fingerprint density at radius 3 is 1.60 bits per heavy atom. The third-order valence-corrected chi connectivity index (χ3v) is 11.9. The van der Waals surface area contributed by atoms with E-state index < -0.39 is 37.9 Å². The first-order chi connectivity index (χ1) is 25.6. The third-order valence-electron chi connectivity index (χ3n) is 9.04. The Hall–Kier alpha value is -5.03. The average molecular weight is 797 g/mol. The maximum absolute atomic E-state index is 14.4. The van der Waals surface area contributed by atoms with Gasteiger partial charge in [0, 0.05) is 17.8 Å². The first kappa shape index (κ1) is 42.7. The van der Waals surface area contributed by atoms with Crippen LogP contribution in [-0.2, 0) is 26.5 Å². The number of carbonyl (C=O) groups excluding carboxylic acids is 2. The molecule has 2 heterocycles. The SMILES string of the molecule is Cc1ncc(S(=O)(=O)NC(=O)Nc2c(C(C)C)cccc2C(C)CCc2ncc(S(=O)(=O)NC(=O)Nc3c(C(C)C)cc(F)cc3C(C)C)c(C)n2)c(C)n1. The molecule has 4 aromatic rings. The topological polar surface area (TPSA) is 202 Å². The van der Waals surface area contributed by atoms with E-state index in [0.717, 1.165) is 23.5 Å². The van der Waals surface area contributed by atoms with Gasteiger partial charge in [-0.15, -0.1) is 0 Å². The zero-order valence-corrected chi connectivity index (χ0v) is 34.3. The Bertz CT molecular complexity index is 2290. The molecule has 55 heavy (non-hydrogen) atoms. The minimum Gasteiger partial charge on any atom is -0.307 e. The third kappa shape index (κ3) is 10.4. The van der Waals surface area contributed by atoms with Crippen LogP contribution in [0.15, 0.2) is 52.5 Å². The number of sulfonamides is 2. The van der Waals surface area contributed by atoms with Gasteiger partial charge in [0.05, 0.1) is 23.8 Å². The lowest BCUT2D eigenvalue weighted by Gasteiger charge is -2.22. The van der Waals surface area contributed by atoms with Crippen molar-refractivity contribution in [3.63, 3.8) is 0 Å². The number of hydrogen-bond donors (Lipinski definition) is 4. The van der Waals surface area contributed by atoms with E-state index in [0.29, 0.717) is 47.0 Å². The van der Waals surface area contributed by atoms with Crippen molar-refractivity contribution in [2.24, 2.45) is 0 Å². The molecule has 0 aliphatic carbocycles. The molecule has 0 bridgehead atoms. The summed E-state index contributed by atoms with van der Waals surface area (Å²) in [6.45, 7) is 17.9. The number of amides is 4. The van der Waals surface area contributed by atoms with E-state index in [4.69, 9.17) is 0 Å². The number of urea groups is 2. The number of aryl methyl sites for hydroxylation is 4. The molecule has 4 rings (SSSR count). The number of para-hydroxylation sites is 1. The van der Waals surface area contributed by atoms with Crippen molar-refractivity contribution in [1.82, 2.24) is 29.4 Å². The number of nitrogens with zero attached hydrogens (tertiary/aromatic N) is 4. The van der Waals surface area contributed by atoms with Crippen LogP contribution in [0.1, 0.15) is 124 Å². The molecule has 0 saturated carbocycles. The second kappa shape index (κ2) is 17.2. The molecule has 0 fully saturated rings. The summed E-state index contributed by atoms with van der Waals surface area (Å²) in [6.07, 6.45) is 3.11. The van der Waals surface area contributed by atoms with E-state index in [1.54, 1.807) is 6.92 Å². The van der Waals surface area contributed by atoms with Gasteiger partial charge in [-0.25, -0.2) is 60.2 Å². The largest absolute Gasteiger partial charge is 0.333 e. The Labute approximate surface area is 322 Å². The number of carbonyl (C=O) groups is 2. The fourth-order valence-electron chi connectivity index (χ4n) is 6.19. The number of halogens is 1. The molecule has 4 amide bonds. The number of anilines is 2. The zero-order valence-electron chi connectivity index (χ0n) is 32.7. The van der Waals surface area contributed by atoms with Gasteiger partial charge < -0.3 is 10.6 Å². The summed E-state index contributed by atoms with van der Waals surface area (Å²) in [6, 6.07) is 6.26. The van der Waals surface area contributed by atoms with E-state index in [2.05, 4.69) is 35.3 Å². The summed E-state index contributed by atoms with van der Waals surface area (Å²) in [4.78, 5) is 42.4. The predicted molar refractivity (Wildman–Crippen MR) is 209 cm³/mol. The highest BCUT2D eigenvalue weighted by Gasteiger charge is 2.26. The Morgan fingerprint density at radius 2 is 1.13 bits per heavy atom. The lowest BCUT2D eigenvalue weighted by molar-refractivity contribution is 0.255. The summed E-state index contributed by atoms with van der Waals surface area (Å²) in [5.74, 6) is -0.205. The molecule has 0 radical (unpaired) electrons. The van der Waals surface area contributed by atoms with Crippen molar-refractivity contribution in [2.45, 2.75) is 116 Å². The molecule has 1 unspecified atom stereocenters. The lowest BCUT2D eigenvalue weighted by Crippen LogP contribution is -2.35. The van der Waals surface area contributed by atoms with Crippen molar-refractivity contribution < 1.29 is 30.8 Å². The van der Waals surface area contributed by atoms with E-state index >= 15 is 0 Å². The maximum atomic E-state index is 14.4. The Kier molecular flexibility index (Phi) is 13.3. The smallest absolute Gasteiger partial charge is 0.307 e. The van der Waals surface area contributed by atoms with Gasteiger partial charge in [0.2, 0.25) is 0 Å². The van der Waals surface area contributed by atoms with Gasteiger partial charge in [-0.05, 0) is 85.3 Å². The predicted octanol–water partition coefficient (Wildman–Crippen LogP) is 7.46.